The Morgan fingerprint density at radius 3 is 2.67 bits per heavy atom. The van der Waals surface area contributed by atoms with Crippen molar-refractivity contribution in [3.63, 3.8) is 0 Å². The zero-order valence-corrected chi connectivity index (χ0v) is 16.5. The largest absolute Gasteiger partial charge is 0.507 e. The molecule has 1 saturated heterocycles. The number of aldehydes is 1. The van der Waals surface area contributed by atoms with Crippen LogP contribution in [-0.4, -0.2) is 52.9 Å². The first kappa shape index (κ1) is 20.3. The Morgan fingerprint density at radius 2 is 1.93 bits per heavy atom. The highest BCUT2D eigenvalue weighted by atomic mass is 35.5. The highest BCUT2D eigenvalue weighted by Crippen LogP contribution is 2.42. The smallest absolute Gasteiger partial charge is 0.179 e. The molecule has 2 N–H and O–H groups in total. The first-order chi connectivity index (χ1) is 14.5. The van der Waals surface area contributed by atoms with Gasteiger partial charge in [0.15, 0.2) is 17.7 Å². The predicted octanol–water partition coefficient (Wildman–Crippen LogP) is 3.86. The van der Waals surface area contributed by atoms with Gasteiger partial charge < -0.3 is 19.5 Å². The molecule has 0 saturated carbocycles. The van der Waals surface area contributed by atoms with Gasteiger partial charge in [-0.25, -0.2) is 4.39 Å². The summed E-state index contributed by atoms with van der Waals surface area (Å²) >= 11 is 5.97. The Kier molecular flexibility index (Phi) is 5.72. The van der Waals surface area contributed by atoms with E-state index in [2.05, 4.69) is 10.1 Å². The molecular formula is C21H18ClFN2O5. The van der Waals surface area contributed by atoms with Gasteiger partial charge in [-0.3, -0.25) is 9.69 Å². The molecule has 0 amide bonds. The quantitative estimate of drug-likeness (QED) is 0.591. The van der Waals surface area contributed by atoms with Crippen molar-refractivity contribution in [1.29, 1.82) is 0 Å². The van der Waals surface area contributed by atoms with Crippen LogP contribution >= 0.6 is 11.6 Å². The fourth-order valence-corrected chi connectivity index (χ4v) is 3.59. The van der Waals surface area contributed by atoms with E-state index in [0.717, 1.165) is 6.07 Å². The third-order valence-corrected chi connectivity index (χ3v) is 5.27. The lowest BCUT2D eigenvalue weighted by Gasteiger charge is -2.26. The maximum absolute atomic E-state index is 14.5. The topological polar surface area (TPSA) is 96.0 Å². The van der Waals surface area contributed by atoms with Crippen molar-refractivity contribution in [2.75, 3.05) is 26.3 Å². The molecule has 0 aliphatic carbocycles. The van der Waals surface area contributed by atoms with Crippen LogP contribution in [0, 0.1) is 5.82 Å². The van der Waals surface area contributed by atoms with Crippen LogP contribution < -0.4 is 0 Å². The van der Waals surface area contributed by atoms with Crippen LogP contribution in [0.4, 0.5) is 4.39 Å². The monoisotopic (exact) mass is 432 g/mol. The maximum atomic E-state index is 14.5. The van der Waals surface area contributed by atoms with Gasteiger partial charge in [0, 0.05) is 31.3 Å². The van der Waals surface area contributed by atoms with Gasteiger partial charge in [0.1, 0.15) is 17.3 Å². The molecule has 0 unspecified atom stereocenters. The number of carbonyl (C=O) groups is 1. The number of phenolic OH excluding ortho intramolecular Hbond substituents is 2. The highest BCUT2D eigenvalue weighted by molar-refractivity contribution is 6.32. The van der Waals surface area contributed by atoms with E-state index in [9.17, 15) is 19.4 Å². The van der Waals surface area contributed by atoms with Crippen LogP contribution in [-0.2, 0) is 11.3 Å². The van der Waals surface area contributed by atoms with E-state index in [-0.39, 0.29) is 39.4 Å². The number of hydrogen-bond donors (Lipinski definition) is 2. The van der Waals surface area contributed by atoms with Crippen molar-refractivity contribution in [2.24, 2.45) is 0 Å². The molecule has 0 bridgehead atoms. The third kappa shape index (κ3) is 3.89. The number of morpholine rings is 1. The fraction of sp³-hybridized carbons (Fsp3) is 0.238. The minimum Gasteiger partial charge on any atom is -0.507 e. The van der Waals surface area contributed by atoms with Gasteiger partial charge in [-0.05, 0) is 23.8 Å². The van der Waals surface area contributed by atoms with E-state index in [1.165, 1.54) is 18.2 Å². The summed E-state index contributed by atoms with van der Waals surface area (Å²) in [6, 6.07) is 6.84. The van der Waals surface area contributed by atoms with E-state index in [4.69, 9.17) is 20.9 Å². The van der Waals surface area contributed by atoms with Crippen molar-refractivity contribution in [2.45, 2.75) is 6.54 Å². The van der Waals surface area contributed by atoms with Crippen LogP contribution in [0.3, 0.4) is 0 Å². The molecule has 1 aliphatic heterocycles. The second-order valence-electron chi connectivity index (χ2n) is 6.91. The molecular weight excluding hydrogens is 415 g/mol. The number of rotatable bonds is 5. The number of aromatic nitrogens is 1. The molecule has 2 aromatic carbocycles. The molecule has 3 aromatic rings. The lowest BCUT2D eigenvalue weighted by Crippen LogP contribution is -2.35. The number of hydrogen-bond acceptors (Lipinski definition) is 7. The Balaban J connectivity index is 1.79. The molecule has 0 atom stereocenters. The molecule has 0 spiro atoms. The standard InChI is InChI=1S/C21H18ClFN2O5/c22-15-8-14(18(27)9-19(15)28)21-20(17(11-26)24-30-21)12-1-2-16(23)13(7-12)10-25-3-5-29-6-4-25/h1-2,7-9,11,27-28H,3-6,10H2. The second kappa shape index (κ2) is 8.43. The van der Waals surface area contributed by atoms with Crippen molar-refractivity contribution in [3.8, 4) is 33.9 Å². The van der Waals surface area contributed by atoms with E-state index in [1.807, 2.05) is 0 Å². The lowest BCUT2D eigenvalue weighted by molar-refractivity contribution is 0.0337. The Hall–Kier alpha value is -2.94. The molecule has 0 radical (unpaired) electrons. The van der Waals surface area contributed by atoms with Crippen LogP contribution in [0.15, 0.2) is 34.9 Å². The zero-order valence-electron chi connectivity index (χ0n) is 15.8. The Morgan fingerprint density at radius 1 is 1.17 bits per heavy atom. The number of ether oxygens (including phenoxy) is 1. The van der Waals surface area contributed by atoms with E-state index < -0.39 is 0 Å². The van der Waals surface area contributed by atoms with Gasteiger partial charge in [0.2, 0.25) is 0 Å². The molecule has 2 heterocycles. The number of carbonyl (C=O) groups excluding carboxylic acids is 1. The van der Waals surface area contributed by atoms with Crippen LogP contribution in [0.1, 0.15) is 16.1 Å². The van der Waals surface area contributed by atoms with Crippen molar-refractivity contribution in [1.82, 2.24) is 10.1 Å². The lowest BCUT2D eigenvalue weighted by atomic mass is 9.97. The summed E-state index contributed by atoms with van der Waals surface area (Å²) in [6.07, 6.45) is 0.520. The first-order valence-corrected chi connectivity index (χ1v) is 9.61. The number of aromatic hydroxyl groups is 2. The first-order valence-electron chi connectivity index (χ1n) is 9.23. The summed E-state index contributed by atoms with van der Waals surface area (Å²) in [5, 5.41) is 23.7. The molecule has 4 rings (SSSR count). The van der Waals surface area contributed by atoms with Gasteiger partial charge >= 0.3 is 0 Å². The number of nitrogens with zero attached hydrogens (tertiary/aromatic N) is 2. The van der Waals surface area contributed by atoms with Crippen LogP contribution in [0.5, 0.6) is 11.5 Å². The minimum atomic E-state index is -0.369. The summed E-state index contributed by atoms with van der Waals surface area (Å²) in [4.78, 5) is 13.6. The van der Waals surface area contributed by atoms with Gasteiger partial charge in [-0.15, -0.1) is 0 Å². The van der Waals surface area contributed by atoms with Crippen molar-refractivity contribution < 1.29 is 28.7 Å². The third-order valence-electron chi connectivity index (χ3n) is 4.97. The van der Waals surface area contributed by atoms with Crippen molar-refractivity contribution >= 4 is 17.9 Å². The minimum absolute atomic E-state index is 0.00229. The second-order valence-corrected chi connectivity index (χ2v) is 7.31. The van der Waals surface area contributed by atoms with Crippen LogP contribution in [0.25, 0.3) is 22.5 Å². The SMILES string of the molecule is O=Cc1noc(-c2cc(Cl)c(O)cc2O)c1-c1ccc(F)c(CN2CCOCC2)c1. The summed E-state index contributed by atoms with van der Waals surface area (Å²) in [5.74, 6) is -0.890. The number of phenols is 2. The fourth-order valence-electron chi connectivity index (χ4n) is 3.43. The molecule has 9 heteroatoms. The number of benzene rings is 2. The summed E-state index contributed by atoms with van der Waals surface area (Å²) in [7, 11) is 0. The zero-order chi connectivity index (χ0) is 21.3. The van der Waals surface area contributed by atoms with E-state index in [1.54, 1.807) is 6.07 Å². The molecule has 156 valence electrons. The molecule has 30 heavy (non-hydrogen) atoms. The molecule has 7 nitrogen and oxygen atoms in total. The highest BCUT2D eigenvalue weighted by Gasteiger charge is 2.24. The van der Waals surface area contributed by atoms with Gasteiger partial charge in [-0.1, -0.05) is 22.8 Å². The van der Waals surface area contributed by atoms with E-state index >= 15 is 0 Å². The van der Waals surface area contributed by atoms with E-state index in [0.29, 0.717) is 55.8 Å². The summed E-state index contributed by atoms with van der Waals surface area (Å²) < 4.78 is 25.1. The van der Waals surface area contributed by atoms with Gasteiger partial charge in [0.25, 0.3) is 0 Å². The number of halogens is 2. The van der Waals surface area contributed by atoms with Crippen molar-refractivity contribution in [3.05, 3.63) is 52.4 Å². The Bertz CT molecular complexity index is 1100. The van der Waals surface area contributed by atoms with Gasteiger partial charge in [-0.2, -0.15) is 0 Å². The summed E-state index contributed by atoms with van der Waals surface area (Å²) in [6.45, 7) is 2.96. The summed E-state index contributed by atoms with van der Waals surface area (Å²) in [5.41, 5.74) is 1.39. The predicted molar refractivity (Wildman–Crippen MR) is 107 cm³/mol. The average Bonchev–Trinajstić information content (AvgIpc) is 3.17. The normalized spacial score (nSPS) is 14.7. The van der Waals surface area contributed by atoms with Gasteiger partial charge in [0.05, 0.1) is 29.4 Å². The molecule has 1 fully saturated rings. The molecule has 1 aromatic heterocycles. The Labute approximate surface area is 176 Å². The maximum Gasteiger partial charge on any atom is 0.179 e. The average molecular weight is 433 g/mol. The van der Waals surface area contributed by atoms with Crippen LogP contribution in [0.2, 0.25) is 5.02 Å². The molecule has 1 aliphatic rings.